The first kappa shape index (κ1) is 26.1. The lowest BCUT2D eigenvalue weighted by atomic mass is 10.1. The lowest BCUT2D eigenvalue weighted by Crippen LogP contribution is -2.38. The highest BCUT2D eigenvalue weighted by atomic mass is 19.1. The summed E-state index contributed by atoms with van der Waals surface area (Å²) >= 11 is 0. The van der Waals surface area contributed by atoms with Crippen molar-refractivity contribution < 1.29 is 28.3 Å². The van der Waals surface area contributed by atoms with Crippen LogP contribution in [-0.2, 0) is 20.8 Å². The molecule has 194 valence electrons. The topological polar surface area (TPSA) is 117 Å². The molecule has 4 rings (SSSR count). The zero-order valence-electron chi connectivity index (χ0n) is 20.5. The molecule has 0 bridgehead atoms. The molecule has 1 heterocycles. The van der Waals surface area contributed by atoms with Crippen LogP contribution in [0.15, 0.2) is 78.5 Å². The van der Waals surface area contributed by atoms with Crippen LogP contribution in [0.1, 0.15) is 18.1 Å². The molecule has 3 N–H and O–H groups in total. The monoisotopic (exact) mass is 516 g/mol. The number of nitrogens with zero attached hydrogens (tertiary/aromatic N) is 1. The molecule has 0 spiro atoms. The van der Waals surface area contributed by atoms with E-state index in [-0.39, 0.29) is 12.3 Å². The molecular weight excluding hydrogens is 491 g/mol. The SMILES string of the molecule is CCc1ccccc1NC(=O)CN1C(=O)N/C(=C/c2ccc(OCC(=O)Nc3ccc(F)cc3)cc2)C1=O. The molecule has 10 heteroatoms. The van der Waals surface area contributed by atoms with Crippen molar-refractivity contribution in [3.63, 3.8) is 0 Å². The quantitative estimate of drug-likeness (QED) is 0.294. The van der Waals surface area contributed by atoms with Crippen LogP contribution in [0.3, 0.4) is 0 Å². The molecule has 0 atom stereocenters. The van der Waals surface area contributed by atoms with Crippen molar-refractivity contribution >= 4 is 41.2 Å². The van der Waals surface area contributed by atoms with Crippen LogP contribution in [0.5, 0.6) is 5.75 Å². The summed E-state index contributed by atoms with van der Waals surface area (Å²) in [5.74, 6) is -1.51. The molecule has 1 aliphatic rings. The van der Waals surface area contributed by atoms with Crippen molar-refractivity contribution in [3.05, 3.63) is 95.4 Å². The smallest absolute Gasteiger partial charge is 0.329 e. The summed E-state index contributed by atoms with van der Waals surface area (Å²) in [5.41, 5.74) is 2.66. The van der Waals surface area contributed by atoms with Crippen molar-refractivity contribution in [2.24, 2.45) is 0 Å². The van der Waals surface area contributed by atoms with E-state index in [1.807, 2.05) is 19.1 Å². The Bertz CT molecular complexity index is 1390. The molecule has 0 unspecified atom stereocenters. The van der Waals surface area contributed by atoms with Crippen LogP contribution in [0.2, 0.25) is 0 Å². The van der Waals surface area contributed by atoms with E-state index < -0.39 is 36.1 Å². The highest BCUT2D eigenvalue weighted by Gasteiger charge is 2.35. The Morgan fingerprint density at radius 1 is 0.947 bits per heavy atom. The number of carbonyl (C=O) groups excluding carboxylic acids is 4. The van der Waals surface area contributed by atoms with Gasteiger partial charge in [-0.3, -0.25) is 14.4 Å². The Morgan fingerprint density at radius 2 is 1.66 bits per heavy atom. The van der Waals surface area contributed by atoms with Crippen molar-refractivity contribution in [1.29, 1.82) is 0 Å². The van der Waals surface area contributed by atoms with Crippen LogP contribution < -0.4 is 20.7 Å². The van der Waals surface area contributed by atoms with E-state index in [0.717, 1.165) is 16.9 Å². The normalized spacial score (nSPS) is 13.8. The Balaban J connectivity index is 1.31. The third-order valence-electron chi connectivity index (χ3n) is 5.63. The van der Waals surface area contributed by atoms with E-state index >= 15 is 0 Å². The number of halogens is 1. The average Bonchev–Trinajstić information content (AvgIpc) is 3.17. The van der Waals surface area contributed by atoms with Gasteiger partial charge in [0.15, 0.2) is 6.61 Å². The fraction of sp³-hybridized carbons (Fsp3) is 0.143. The molecule has 1 aliphatic heterocycles. The average molecular weight is 517 g/mol. The van der Waals surface area contributed by atoms with E-state index in [0.29, 0.717) is 22.7 Å². The summed E-state index contributed by atoms with van der Waals surface area (Å²) in [6, 6.07) is 18.5. The lowest BCUT2D eigenvalue weighted by Gasteiger charge is -2.13. The molecule has 38 heavy (non-hydrogen) atoms. The number of nitrogens with one attached hydrogen (secondary N) is 3. The molecule has 0 radical (unpaired) electrons. The number of amides is 5. The molecule has 3 aromatic carbocycles. The maximum atomic E-state index is 13.0. The van der Waals surface area contributed by atoms with Gasteiger partial charge in [-0.05, 0) is 66.1 Å². The second-order valence-corrected chi connectivity index (χ2v) is 8.35. The Kier molecular flexibility index (Phi) is 8.12. The van der Waals surface area contributed by atoms with Gasteiger partial charge in [0.2, 0.25) is 5.91 Å². The van der Waals surface area contributed by atoms with Gasteiger partial charge in [0.05, 0.1) is 0 Å². The summed E-state index contributed by atoms with van der Waals surface area (Å²) in [4.78, 5) is 50.5. The summed E-state index contributed by atoms with van der Waals surface area (Å²) in [7, 11) is 0. The van der Waals surface area contributed by atoms with Crippen LogP contribution in [-0.4, -0.2) is 41.8 Å². The highest BCUT2D eigenvalue weighted by molar-refractivity contribution is 6.16. The standard InChI is InChI=1S/C28H25FN4O5/c1-2-19-5-3-4-6-23(19)31-25(34)16-33-27(36)24(32-28(33)37)15-18-7-13-22(14-8-18)38-17-26(35)30-21-11-9-20(29)10-12-21/h3-15H,2,16-17H2,1H3,(H,30,35)(H,31,34)(H,32,37)/b24-15+. The van der Waals surface area contributed by atoms with Crippen LogP contribution in [0.25, 0.3) is 6.08 Å². The Labute approximate surface area is 218 Å². The minimum Gasteiger partial charge on any atom is -0.484 e. The van der Waals surface area contributed by atoms with E-state index in [9.17, 15) is 23.6 Å². The maximum Gasteiger partial charge on any atom is 0.329 e. The van der Waals surface area contributed by atoms with E-state index in [4.69, 9.17) is 4.74 Å². The van der Waals surface area contributed by atoms with Gasteiger partial charge in [0, 0.05) is 11.4 Å². The second-order valence-electron chi connectivity index (χ2n) is 8.35. The number of carbonyl (C=O) groups is 4. The molecule has 0 aliphatic carbocycles. The minimum absolute atomic E-state index is 0.0316. The van der Waals surface area contributed by atoms with Crippen LogP contribution in [0.4, 0.5) is 20.6 Å². The number of aryl methyl sites for hydroxylation is 1. The fourth-order valence-corrected chi connectivity index (χ4v) is 3.71. The van der Waals surface area contributed by atoms with Gasteiger partial charge >= 0.3 is 6.03 Å². The third-order valence-corrected chi connectivity index (χ3v) is 5.63. The number of para-hydroxylation sites is 1. The van der Waals surface area contributed by atoms with Gasteiger partial charge in [-0.15, -0.1) is 0 Å². The fourth-order valence-electron chi connectivity index (χ4n) is 3.71. The number of urea groups is 1. The zero-order valence-corrected chi connectivity index (χ0v) is 20.5. The van der Waals surface area contributed by atoms with Gasteiger partial charge < -0.3 is 20.7 Å². The first-order valence-electron chi connectivity index (χ1n) is 11.8. The van der Waals surface area contributed by atoms with Gasteiger partial charge in [0.1, 0.15) is 23.8 Å². The largest absolute Gasteiger partial charge is 0.484 e. The van der Waals surface area contributed by atoms with Crippen molar-refractivity contribution in [2.75, 3.05) is 23.8 Å². The number of ether oxygens (including phenoxy) is 1. The number of rotatable bonds is 9. The van der Waals surface area contributed by atoms with Crippen molar-refractivity contribution in [2.45, 2.75) is 13.3 Å². The molecule has 3 aromatic rings. The predicted molar refractivity (Wildman–Crippen MR) is 140 cm³/mol. The van der Waals surface area contributed by atoms with Gasteiger partial charge in [-0.25, -0.2) is 14.1 Å². The molecule has 0 aromatic heterocycles. The number of hydrogen-bond acceptors (Lipinski definition) is 5. The Hall–Kier alpha value is -4.99. The minimum atomic E-state index is -0.688. The number of imide groups is 1. The summed E-state index contributed by atoms with van der Waals surface area (Å²) < 4.78 is 18.4. The van der Waals surface area contributed by atoms with Crippen molar-refractivity contribution in [3.8, 4) is 5.75 Å². The number of benzene rings is 3. The van der Waals surface area contributed by atoms with E-state index in [2.05, 4.69) is 16.0 Å². The lowest BCUT2D eigenvalue weighted by molar-refractivity contribution is -0.127. The second kappa shape index (κ2) is 11.8. The van der Waals surface area contributed by atoms with Gasteiger partial charge in [0.25, 0.3) is 11.8 Å². The summed E-state index contributed by atoms with van der Waals surface area (Å²) in [6.07, 6.45) is 2.20. The Morgan fingerprint density at radius 3 is 2.37 bits per heavy atom. The molecule has 0 saturated carbocycles. The molecular formula is C28H25FN4O5. The molecule has 9 nitrogen and oxygen atoms in total. The van der Waals surface area contributed by atoms with Crippen LogP contribution >= 0.6 is 0 Å². The number of hydrogen-bond donors (Lipinski definition) is 3. The molecule has 1 saturated heterocycles. The highest BCUT2D eigenvalue weighted by Crippen LogP contribution is 2.19. The van der Waals surface area contributed by atoms with Crippen LogP contribution in [0, 0.1) is 5.82 Å². The van der Waals surface area contributed by atoms with E-state index in [1.165, 1.54) is 30.3 Å². The van der Waals surface area contributed by atoms with E-state index in [1.54, 1.807) is 36.4 Å². The first-order chi connectivity index (χ1) is 18.3. The summed E-state index contributed by atoms with van der Waals surface area (Å²) in [6.45, 7) is 1.28. The summed E-state index contributed by atoms with van der Waals surface area (Å²) in [5, 5.41) is 7.83. The zero-order chi connectivity index (χ0) is 27.1. The van der Waals surface area contributed by atoms with Crippen molar-refractivity contribution in [1.82, 2.24) is 10.2 Å². The molecule has 1 fully saturated rings. The molecule has 5 amide bonds. The maximum absolute atomic E-state index is 13.0. The third kappa shape index (κ3) is 6.61. The van der Waals surface area contributed by atoms with Gasteiger partial charge in [-0.2, -0.15) is 0 Å². The van der Waals surface area contributed by atoms with Gasteiger partial charge in [-0.1, -0.05) is 37.3 Å². The predicted octanol–water partition coefficient (Wildman–Crippen LogP) is 3.94. The first-order valence-corrected chi connectivity index (χ1v) is 11.8. The number of anilines is 2.